The molecule has 1 heterocycles. The van der Waals surface area contributed by atoms with Gasteiger partial charge in [0.25, 0.3) is 0 Å². The zero-order chi connectivity index (χ0) is 15.6. The predicted molar refractivity (Wildman–Crippen MR) is 85.2 cm³/mol. The monoisotopic (exact) mass is 354 g/mol. The maximum absolute atomic E-state index is 13.5. The number of halogens is 2. The maximum atomic E-state index is 13.5. The summed E-state index contributed by atoms with van der Waals surface area (Å²) >= 11 is 3.60. The molecule has 0 bridgehead atoms. The Kier molecular flexibility index (Phi) is 5.13. The molecule has 114 valence electrons. The average Bonchev–Trinajstić information content (AvgIpc) is 2.74. The SMILES string of the molecule is CCc1nn(C)c(CC(NN)c2cc(F)ccc2C)c1Br. The molecule has 0 aliphatic heterocycles. The molecule has 2 aromatic rings. The van der Waals surface area contributed by atoms with Gasteiger partial charge in [0.1, 0.15) is 5.82 Å². The molecule has 0 fully saturated rings. The van der Waals surface area contributed by atoms with E-state index in [1.807, 2.05) is 18.7 Å². The third-order valence-corrected chi connectivity index (χ3v) is 4.63. The van der Waals surface area contributed by atoms with Crippen LogP contribution in [0.15, 0.2) is 22.7 Å². The van der Waals surface area contributed by atoms with Crippen LogP contribution in [0.1, 0.15) is 35.5 Å². The predicted octanol–water partition coefficient (Wildman–Crippen LogP) is 2.94. The molecule has 2 rings (SSSR count). The van der Waals surface area contributed by atoms with Gasteiger partial charge >= 0.3 is 0 Å². The van der Waals surface area contributed by atoms with Crippen molar-refractivity contribution in [1.29, 1.82) is 0 Å². The summed E-state index contributed by atoms with van der Waals surface area (Å²) in [4.78, 5) is 0. The van der Waals surface area contributed by atoms with Crippen molar-refractivity contribution in [1.82, 2.24) is 15.2 Å². The highest BCUT2D eigenvalue weighted by Gasteiger charge is 2.20. The molecule has 1 atom stereocenters. The van der Waals surface area contributed by atoms with Crippen molar-refractivity contribution in [3.05, 3.63) is 51.0 Å². The van der Waals surface area contributed by atoms with Crippen molar-refractivity contribution in [2.45, 2.75) is 32.7 Å². The maximum Gasteiger partial charge on any atom is 0.123 e. The minimum Gasteiger partial charge on any atom is -0.271 e. The number of rotatable bonds is 5. The van der Waals surface area contributed by atoms with Crippen LogP contribution in [0.5, 0.6) is 0 Å². The lowest BCUT2D eigenvalue weighted by Crippen LogP contribution is -2.30. The van der Waals surface area contributed by atoms with E-state index in [0.717, 1.165) is 33.4 Å². The Morgan fingerprint density at radius 1 is 1.48 bits per heavy atom. The molecule has 0 saturated carbocycles. The number of benzene rings is 1. The van der Waals surface area contributed by atoms with Crippen molar-refractivity contribution in [3.8, 4) is 0 Å². The average molecular weight is 355 g/mol. The summed E-state index contributed by atoms with van der Waals surface area (Å²) < 4.78 is 16.4. The molecule has 1 aromatic carbocycles. The Balaban J connectivity index is 2.36. The minimum absolute atomic E-state index is 0.169. The van der Waals surface area contributed by atoms with E-state index in [1.54, 1.807) is 6.07 Å². The zero-order valence-electron chi connectivity index (χ0n) is 12.5. The van der Waals surface area contributed by atoms with Gasteiger partial charge in [-0.2, -0.15) is 5.10 Å². The van der Waals surface area contributed by atoms with Crippen molar-refractivity contribution < 1.29 is 4.39 Å². The highest BCUT2D eigenvalue weighted by molar-refractivity contribution is 9.10. The van der Waals surface area contributed by atoms with Gasteiger partial charge in [0, 0.05) is 13.5 Å². The first-order valence-electron chi connectivity index (χ1n) is 6.90. The van der Waals surface area contributed by atoms with Crippen molar-refractivity contribution >= 4 is 15.9 Å². The first kappa shape index (κ1) is 16.1. The van der Waals surface area contributed by atoms with Gasteiger partial charge in [-0.25, -0.2) is 4.39 Å². The summed E-state index contributed by atoms with van der Waals surface area (Å²) in [7, 11) is 1.91. The summed E-state index contributed by atoms with van der Waals surface area (Å²) in [5, 5.41) is 4.48. The second kappa shape index (κ2) is 6.68. The summed E-state index contributed by atoms with van der Waals surface area (Å²) in [6, 6.07) is 4.59. The Bertz CT molecular complexity index is 639. The van der Waals surface area contributed by atoms with Gasteiger partial charge in [-0.05, 0) is 52.5 Å². The Hall–Kier alpha value is -1.24. The molecule has 0 aliphatic carbocycles. The lowest BCUT2D eigenvalue weighted by Gasteiger charge is -2.19. The molecule has 21 heavy (non-hydrogen) atoms. The molecule has 0 aliphatic rings. The van der Waals surface area contributed by atoms with E-state index in [0.29, 0.717) is 6.42 Å². The summed E-state index contributed by atoms with van der Waals surface area (Å²) in [6.07, 6.45) is 1.49. The number of hydrazine groups is 1. The molecule has 4 nitrogen and oxygen atoms in total. The summed E-state index contributed by atoms with van der Waals surface area (Å²) in [6.45, 7) is 4.02. The van der Waals surface area contributed by atoms with Crippen LogP contribution in [0.25, 0.3) is 0 Å². The van der Waals surface area contributed by atoms with Gasteiger partial charge in [-0.1, -0.05) is 13.0 Å². The fourth-order valence-corrected chi connectivity index (χ4v) is 3.26. The Morgan fingerprint density at radius 2 is 2.19 bits per heavy atom. The first-order valence-corrected chi connectivity index (χ1v) is 7.69. The molecule has 0 spiro atoms. The van der Waals surface area contributed by atoms with Crippen molar-refractivity contribution in [3.63, 3.8) is 0 Å². The standard InChI is InChI=1S/C15H20BrFN4/c1-4-12-15(16)14(21(3)20-12)8-13(19-18)11-7-10(17)6-5-9(11)2/h5-7,13,19H,4,8,18H2,1-3H3. The van der Waals surface area contributed by atoms with Crippen molar-refractivity contribution in [2.75, 3.05) is 0 Å². The molecule has 1 unspecified atom stereocenters. The van der Waals surface area contributed by atoms with E-state index < -0.39 is 0 Å². The number of nitrogens with two attached hydrogens (primary N) is 1. The Labute approximate surface area is 132 Å². The van der Waals surface area contributed by atoms with Gasteiger partial charge in [0.2, 0.25) is 0 Å². The lowest BCUT2D eigenvalue weighted by molar-refractivity contribution is 0.521. The number of nitrogens with one attached hydrogen (secondary N) is 1. The number of hydrogen-bond acceptors (Lipinski definition) is 3. The molecular weight excluding hydrogens is 335 g/mol. The van der Waals surface area contributed by atoms with Gasteiger partial charge in [-0.15, -0.1) is 0 Å². The zero-order valence-corrected chi connectivity index (χ0v) is 14.0. The van der Waals surface area contributed by atoms with E-state index in [4.69, 9.17) is 5.84 Å². The van der Waals surface area contributed by atoms with Crippen LogP contribution in [-0.4, -0.2) is 9.78 Å². The molecule has 3 N–H and O–H groups in total. The van der Waals surface area contributed by atoms with Crippen LogP contribution < -0.4 is 11.3 Å². The summed E-state index contributed by atoms with van der Waals surface area (Å²) in [5.74, 6) is 5.44. The van der Waals surface area contributed by atoms with Crippen LogP contribution >= 0.6 is 15.9 Å². The number of nitrogens with zero attached hydrogens (tertiary/aromatic N) is 2. The first-order chi connectivity index (χ1) is 9.97. The minimum atomic E-state index is -0.255. The summed E-state index contributed by atoms with van der Waals surface area (Å²) in [5.41, 5.74) is 6.71. The quantitative estimate of drug-likeness (QED) is 0.641. The molecule has 1 aromatic heterocycles. The number of aryl methyl sites for hydroxylation is 3. The van der Waals surface area contributed by atoms with Crippen LogP contribution in [-0.2, 0) is 19.9 Å². The fraction of sp³-hybridized carbons (Fsp3) is 0.400. The normalized spacial score (nSPS) is 12.7. The third kappa shape index (κ3) is 3.33. The van der Waals surface area contributed by atoms with Crippen molar-refractivity contribution in [2.24, 2.45) is 12.9 Å². The molecular formula is C15H20BrFN4. The third-order valence-electron chi connectivity index (χ3n) is 3.72. The molecule has 0 amide bonds. The topological polar surface area (TPSA) is 55.9 Å². The highest BCUT2D eigenvalue weighted by Crippen LogP contribution is 2.28. The second-order valence-corrected chi connectivity index (χ2v) is 5.90. The fourth-order valence-electron chi connectivity index (χ4n) is 2.48. The van der Waals surface area contributed by atoms with E-state index in [2.05, 4.69) is 33.4 Å². The van der Waals surface area contributed by atoms with Gasteiger partial charge < -0.3 is 0 Å². The smallest absolute Gasteiger partial charge is 0.123 e. The lowest BCUT2D eigenvalue weighted by atomic mass is 9.97. The largest absolute Gasteiger partial charge is 0.271 e. The van der Waals surface area contributed by atoms with Crippen LogP contribution in [0.4, 0.5) is 4.39 Å². The Morgan fingerprint density at radius 3 is 2.76 bits per heavy atom. The van der Waals surface area contributed by atoms with E-state index in [1.165, 1.54) is 12.1 Å². The molecule has 0 radical (unpaired) electrons. The van der Waals surface area contributed by atoms with Crippen LogP contribution in [0, 0.1) is 12.7 Å². The van der Waals surface area contributed by atoms with Crippen LogP contribution in [0.3, 0.4) is 0 Å². The van der Waals surface area contributed by atoms with Gasteiger partial charge in [0.15, 0.2) is 0 Å². The number of aromatic nitrogens is 2. The number of hydrogen-bond donors (Lipinski definition) is 2. The molecule has 0 saturated heterocycles. The van der Waals surface area contributed by atoms with Gasteiger partial charge in [-0.3, -0.25) is 16.0 Å². The second-order valence-electron chi connectivity index (χ2n) is 5.11. The van der Waals surface area contributed by atoms with E-state index in [-0.39, 0.29) is 11.9 Å². The highest BCUT2D eigenvalue weighted by atomic mass is 79.9. The van der Waals surface area contributed by atoms with Gasteiger partial charge in [0.05, 0.1) is 21.9 Å². The van der Waals surface area contributed by atoms with Crippen LogP contribution in [0.2, 0.25) is 0 Å². The van der Waals surface area contributed by atoms with E-state index >= 15 is 0 Å². The molecule has 6 heteroatoms. The van der Waals surface area contributed by atoms with E-state index in [9.17, 15) is 4.39 Å².